The van der Waals surface area contributed by atoms with Gasteiger partial charge in [0.1, 0.15) is 5.54 Å². The second-order valence-electron chi connectivity index (χ2n) is 7.02. The normalized spacial score (nSPS) is 18.9. The van der Waals surface area contributed by atoms with Crippen molar-refractivity contribution in [2.45, 2.75) is 31.1 Å². The fourth-order valence-corrected chi connectivity index (χ4v) is 3.95. The Morgan fingerprint density at radius 2 is 1.67 bits per heavy atom. The van der Waals surface area contributed by atoms with E-state index in [1.807, 2.05) is 12.1 Å². The largest absolute Gasteiger partial charge is 0.416 e. The molecule has 4 rings (SSSR count). The summed E-state index contributed by atoms with van der Waals surface area (Å²) in [6.07, 6.45) is -3.27. The van der Waals surface area contributed by atoms with Gasteiger partial charge in [0, 0.05) is 0 Å². The number of alkyl halides is 3. The zero-order chi connectivity index (χ0) is 19.1. The number of nitrogens with one attached hydrogen (secondary N) is 2. The Morgan fingerprint density at radius 3 is 2.41 bits per heavy atom. The molecule has 0 bridgehead atoms. The summed E-state index contributed by atoms with van der Waals surface area (Å²) >= 11 is 0. The molecule has 7 heteroatoms. The summed E-state index contributed by atoms with van der Waals surface area (Å²) in [6.45, 7) is 1.27. The van der Waals surface area contributed by atoms with E-state index in [0.29, 0.717) is 31.6 Å². The van der Waals surface area contributed by atoms with E-state index in [9.17, 15) is 18.0 Å². The number of fused-ring (bicyclic) bond motifs is 1. The zero-order valence-corrected chi connectivity index (χ0v) is 14.6. The molecule has 1 fully saturated rings. The van der Waals surface area contributed by atoms with Gasteiger partial charge in [-0.1, -0.05) is 30.3 Å². The molecule has 2 heterocycles. The highest BCUT2D eigenvalue weighted by molar-refractivity contribution is 6.07. The molecule has 2 N–H and O–H groups in total. The Hall–Kier alpha value is -2.54. The number of hydrogen-bond acceptors (Lipinski definition) is 3. The van der Waals surface area contributed by atoms with Crippen LogP contribution in [-0.4, -0.2) is 24.5 Å². The highest BCUT2D eigenvalue weighted by atomic mass is 19.4. The first kappa shape index (κ1) is 17.9. The maximum atomic E-state index is 13.4. The quantitative estimate of drug-likeness (QED) is 0.840. The Bertz CT molecular complexity index is 860. The van der Waals surface area contributed by atoms with Crippen LogP contribution in [0.1, 0.15) is 24.0 Å². The lowest BCUT2D eigenvalue weighted by Gasteiger charge is -2.46. The molecule has 2 aromatic rings. The van der Waals surface area contributed by atoms with Crippen molar-refractivity contribution in [3.8, 4) is 0 Å². The summed E-state index contributed by atoms with van der Waals surface area (Å²) in [6, 6.07) is 12.7. The second-order valence-corrected chi connectivity index (χ2v) is 7.02. The molecule has 1 spiro atoms. The number of piperidine rings is 1. The molecule has 27 heavy (non-hydrogen) atoms. The molecule has 0 radical (unpaired) electrons. The monoisotopic (exact) mass is 375 g/mol. The van der Waals surface area contributed by atoms with E-state index in [1.54, 1.807) is 18.2 Å². The van der Waals surface area contributed by atoms with Crippen LogP contribution in [0.4, 0.5) is 24.5 Å². The van der Waals surface area contributed by atoms with Crippen LogP contribution in [0.2, 0.25) is 0 Å². The van der Waals surface area contributed by atoms with E-state index in [1.165, 1.54) is 17.0 Å². The van der Waals surface area contributed by atoms with Gasteiger partial charge in [-0.15, -0.1) is 0 Å². The average molecular weight is 375 g/mol. The third-order valence-electron chi connectivity index (χ3n) is 5.33. The highest BCUT2D eigenvalue weighted by Gasteiger charge is 2.46. The lowest BCUT2D eigenvalue weighted by Crippen LogP contribution is -2.61. The Labute approximate surface area is 155 Å². The molecule has 2 aliphatic rings. The molecule has 0 aliphatic carbocycles. The van der Waals surface area contributed by atoms with E-state index >= 15 is 0 Å². The van der Waals surface area contributed by atoms with Crippen molar-refractivity contribution >= 4 is 17.3 Å². The number of rotatable bonds is 2. The van der Waals surface area contributed by atoms with Gasteiger partial charge >= 0.3 is 6.18 Å². The molecule has 1 amide bonds. The molecule has 4 nitrogen and oxygen atoms in total. The molecular weight excluding hydrogens is 355 g/mol. The van der Waals surface area contributed by atoms with Gasteiger partial charge in [-0.2, -0.15) is 13.2 Å². The predicted octanol–water partition coefficient (Wildman–Crippen LogP) is 3.79. The number of nitrogens with zero attached hydrogens (tertiary/aromatic N) is 1. The van der Waals surface area contributed by atoms with Crippen molar-refractivity contribution < 1.29 is 18.0 Å². The number of amides is 1. The summed E-state index contributed by atoms with van der Waals surface area (Å²) in [5.74, 6) is -0.167. The highest BCUT2D eigenvalue weighted by Crippen LogP contribution is 2.41. The SMILES string of the molecule is O=C1N(Cc2ccccc2C(F)(F)F)c2ccccc2NC12CCNCC2. The molecule has 2 aliphatic heterocycles. The smallest absolute Gasteiger partial charge is 0.369 e. The third kappa shape index (κ3) is 3.16. The van der Waals surface area contributed by atoms with Crippen molar-refractivity contribution in [3.63, 3.8) is 0 Å². The predicted molar refractivity (Wildman–Crippen MR) is 97.5 cm³/mol. The van der Waals surface area contributed by atoms with E-state index in [-0.39, 0.29) is 18.0 Å². The number of carbonyl (C=O) groups excluding carboxylic acids is 1. The van der Waals surface area contributed by atoms with Crippen molar-refractivity contribution in [1.29, 1.82) is 0 Å². The summed E-state index contributed by atoms with van der Waals surface area (Å²) in [5, 5.41) is 6.60. The van der Waals surface area contributed by atoms with Crippen LogP contribution in [-0.2, 0) is 17.5 Å². The minimum Gasteiger partial charge on any atom is -0.369 e. The van der Waals surface area contributed by atoms with Crippen molar-refractivity contribution in [2.24, 2.45) is 0 Å². The number of para-hydroxylation sites is 2. The number of anilines is 2. The minimum absolute atomic E-state index is 0.0964. The van der Waals surface area contributed by atoms with Gasteiger partial charge in [0.15, 0.2) is 0 Å². The first-order valence-corrected chi connectivity index (χ1v) is 8.96. The summed E-state index contributed by atoms with van der Waals surface area (Å²) in [4.78, 5) is 14.9. The maximum absolute atomic E-state index is 13.4. The lowest BCUT2D eigenvalue weighted by atomic mass is 9.84. The van der Waals surface area contributed by atoms with Crippen LogP contribution in [0.25, 0.3) is 0 Å². The van der Waals surface area contributed by atoms with Crippen LogP contribution < -0.4 is 15.5 Å². The molecule has 142 valence electrons. The molecule has 0 saturated carbocycles. The van der Waals surface area contributed by atoms with Gasteiger partial charge in [-0.25, -0.2) is 0 Å². The van der Waals surface area contributed by atoms with Gasteiger partial charge in [-0.05, 0) is 49.7 Å². The second kappa shape index (κ2) is 6.56. The summed E-state index contributed by atoms with van der Waals surface area (Å²) < 4.78 is 40.3. The van der Waals surface area contributed by atoms with Crippen LogP contribution in [0.15, 0.2) is 48.5 Å². The van der Waals surface area contributed by atoms with Crippen molar-refractivity contribution in [2.75, 3.05) is 23.3 Å². The van der Waals surface area contributed by atoms with E-state index in [0.717, 1.165) is 11.8 Å². The minimum atomic E-state index is -4.46. The molecule has 0 aromatic heterocycles. The van der Waals surface area contributed by atoms with Crippen molar-refractivity contribution in [1.82, 2.24) is 5.32 Å². The van der Waals surface area contributed by atoms with Crippen LogP contribution >= 0.6 is 0 Å². The average Bonchev–Trinajstić information content (AvgIpc) is 2.66. The van der Waals surface area contributed by atoms with Crippen LogP contribution in [0.3, 0.4) is 0 Å². The standard InChI is InChI=1S/C20H20F3N3O/c21-20(22,23)15-6-2-1-5-14(15)13-26-17-8-4-3-7-16(17)25-19(18(26)27)9-11-24-12-10-19/h1-8,24-25H,9-13H2. The van der Waals surface area contributed by atoms with Crippen LogP contribution in [0.5, 0.6) is 0 Å². The Morgan fingerprint density at radius 1 is 1.00 bits per heavy atom. The molecular formula is C20H20F3N3O. The Kier molecular flexibility index (Phi) is 4.34. The number of halogens is 3. The number of benzene rings is 2. The summed E-state index contributed by atoms with van der Waals surface area (Å²) in [5.41, 5.74) is 0.0201. The van der Waals surface area contributed by atoms with Crippen LogP contribution in [0, 0.1) is 0 Å². The first-order valence-electron chi connectivity index (χ1n) is 8.96. The molecule has 1 saturated heterocycles. The van der Waals surface area contributed by atoms with Gasteiger partial charge in [0.05, 0.1) is 23.5 Å². The zero-order valence-electron chi connectivity index (χ0n) is 14.6. The first-order chi connectivity index (χ1) is 12.9. The van der Waals surface area contributed by atoms with E-state index in [2.05, 4.69) is 10.6 Å². The van der Waals surface area contributed by atoms with Crippen molar-refractivity contribution in [3.05, 3.63) is 59.7 Å². The van der Waals surface area contributed by atoms with Gasteiger partial charge < -0.3 is 15.5 Å². The molecule has 0 atom stereocenters. The third-order valence-corrected chi connectivity index (χ3v) is 5.33. The topological polar surface area (TPSA) is 44.4 Å². The fourth-order valence-electron chi connectivity index (χ4n) is 3.95. The van der Waals surface area contributed by atoms with Gasteiger partial charge in [0.2, 0.25) is 0 Å². The van der Waals surface area contributed by atoms with Gasteiger partial charge in [-0.3, -0.25) is 4.79 Å². The lowest BCUT2D eigenvalue weighted by molar-refractivity contribution is -0.138. The van der Waals surface area contributed by atoms with Gasteiger partial charge in [0.25, 0.3) is 5.91 Å². The molecule has 0 unspecified atom stereocenters. The van der Waals surface area contributed by atoms with E-state index in [4.69, 9.17) is 0 Å². The Balaban J connectivity index is 1.76. The van der Waals surface area contributed by atoms with E-state index < -0.39 is 17.3 Å². The number of hydrogen-bond donors (Lipinski definition) is 2. The summed E-state index contributed by atoms with van der Waals surface area (Å²) in [7, 11) is 0. The number of carbonyl (C=O) groups is 1. The fraction of sp³-hybridized carbons (Fsp3) is 0.350. The maximum Gasteiger partial charge on any atom is 0.416 e. The molecule has 2 aromatic carbocycles.